The van der Waals surface area contributed by atoms with Crippen molar-refractivity contribution in [1.29, 1.82) is 5.26 Å². The van der Waals surface area contributed by atoms with Crippen LogP contribution < -0.4 is 10.1 Å². The Balaban J connectivity index is 2.81. The molecule has 86 valence electrons. The van der Waals surface area contributed by atoms with Crippen molar-refractivity contribution in [3.8, 4) is 11.8 Å². The highest BCUT2D eigenvalue weighted by atomic mass is 35.5. The first-order valence-electron chi connectivity index (χ1n) is 5.15. The lowest BCUT2D eigenvalue weighted by Crippen LogP contribution is -2.22. The molecule has 0 aromatic heterocycles. The fraction of sp³-hybridized carbons (Fsp3) is 0.417. The summed E-state index contributed by atoms with van der Waals surface area (Å²) >= 11 is 6.02. The minimum absolute atomic E-state index is 0.0123. The van der Waals surface area contributed by atoms with Crippen molar-refractivity contribution < 1.29 is 4.74 Å². The fourth-order valence-electron chi connectivity index (χ4n) is 1.27. The van der Waals surface area contributed by atoms with E-state index in [4.69, 9.17) is 21.6 Å². The predicted molar refractivity (Wildman–Crippen MR) is 64.5 cm³/mol. The Morgan fingerprint density at radius 2 is 2.25 bits per heavy atom. The number of hydrogen-bond acceptors (Lipinski definition) is 3. The number of nitrogens with one attached hydrogen (secondary N) is 1. The van der Waals surface area contributed by atoms with Gasteiger partial charge < -0.3 is 10.1 Å². The molecule has 0 atom stereocenters. The Morgan fingerprint density at radius 1 is 1.50 bits per heavy atom. The number of ether oxygens (including phenoxy) is 1. The van der Waals surface area contributed by atoms with Crippen LogP contribution in [-0.2, 0) is 6.54 Å². The van der Waals surface area contributed by atoms with Gasteiger partial charge in [0.15, 0.2) is 6.61 Å². The summed E-state index contributed by atoms with van der Waals surface area (Å²) in [5, 5.41) is 12.3. The van der Waals surface area contributed by atoms with Crippen LogP contribution in [0.5, 0.6) is 5.75 Å². The van der Waals surface area contributed by atoms with Gasteiger partial charge in [-0.1, -0.05) is 37.6 Å². The van der Waals surface area contributed by atoms with Gasteiger partial charge in [0.25, 0.3) is 0 Å². The van der Waals surface area contributed by atoms with Gasteiger partial charge in [0, 0.05) is 18.2 Å². The van der Waals surface area contributed by atoms with Crippen LogP contribution in [0.15, 0.2) is 18.2 Å². The summed E-state index contributed by atoms with van der Waals surface area (Å²) in [6.45, 7) is 4.83. The molecule has 0 fully saturated rings. The normalized spacial score (nSPS) is 10.2. The summed E-state index contributed by atoms with van der Waals surface area (Å²) in [6, 6.07) is 7.90. The first kappa shape index (κ1) is 12.8. The maximum absolute atomic E-state index is 8.49. The van der Waals surface area contributed by atoms with E-state index in [0.29, 0.717) is 23.4 Å². The van der Waals surface area contributed by atoms with Gasteiger partial charge in [0.2, 0.25) is 0 Å². The van der Waals surface area contributed by atoms with Crippen LogP contribution in [-0.4, -0.2) is 12.6 Å². The Bertz CT molecular complexity index is 385. The van der Waals surface area contributed by atoms with Gasteiger partial charge in [-0.25, -0.2) is 0 Å². The number of benzene rings is 1. The van der Waals surface area contributed by atoms with Crippen LogP contribution in [0, 0.1) is 11.3 Å². The Morgan fingerprint density at radius 3 is 2.88 bits per heavy atom. The quantitative estimate of drug-likeness (QED) is 0.858. The summed E-state index contributed by atoms with van der Waals surface area (Å²) < 4.78 is 5.32. The monoisotopic (exact) mass is 238 g/mol. The average Bonchev–Trinajstić information content (AvgIpc) is 2.25. The highest BCUT2D eigenvalue weighted by molar-refractivity contribution is 6.32. The van der Waals surface area contributed by atoms with Gasteiger partial charge >= 0.3 is 0 Å². The van der Waals surface area contributed by atoms with Crippen molar-refractivity contribution in [3.63, 3.8) is 0 Å². The Kier molecular flexibility index (Phi) is 5.10. The molecular formula is C12H15ClN2O. The number of halogens is 1. The van der Waals surface area contributed by atoms with Crippen LogP contribution in [0.3, 0.4) is 0 Å². The molecule has 0 heterocycles. The van der Waals surface area contributed by atoms with Crippen LogP contribution in [0.25, 0.3) is 0 Å². The molecule has 1 rings (SSSR count). The molecule has 1 aromatic carbocycles. The van der Waals surface area contributed by atoms with E-state index in [9.17, 15) is 0 Å². The molecule has 0 saturated carbocycles. The lowest BCUT2D eigenvalue weighted by molar-refractivity contribution is 0.362. The van der Waals surface area contributed by atoms with E-state index in [2.05, 4.69) is 19.2 Å². The van der Waals surface area contributed by atoms with Crippen molar-refractivity contribution in [2.45, 2.75) is 26.4 Å². The predicted octanol–water partition coefficient (Wildman–Crippen LogP) is 2.74. The Hall–Kier alpha value is -1.24. The van der Waals surface area contributed by atoms with E-state index >= 15 is 0 Å². The molecule has 0 radical (unpaired) electrons. The minimum Gasteiger partial charge on any atom is -0.477 e. The van der Waals surface area contributed by atoms with Gasteiger partial charge in [0.05, 0.1) is 5.02 Å². The van der Waals surface area contributed by atoms with Gasteiger partial charge in [-0.3, -0.25) is 0 Å². The number of nitrogens with zero attached hydrogens (tertiary/aromatic N) is 1. The van der Waals surface area contributed by atoms with Crippen molar-refractivity contribution in [2.24, 2.45) is 0 Å². The summed E-state index contributed by atoms with van der Waals surface area (Å²) in [6.07, 6.45) is 0. The highest BCUT2D eigenvalue weighted by Crippen LogP contribution is 2.28. The van der Waals surface area contributed by atoms with Crippen molar-refractivity contribution >= 4 is 11.6 Å². The van der Waals surface area contributed by atoms with Crippen LogP contribution in [0.1, 0.15) is 19.4 Å². The zero-order valence-electron chi connectivity index (χ0n) is 9.46. The highest BCUT2D eigenvalue weighted by Gasteiger charge is 2.08. The second-order valence-corrected chi connectivity index (χ2v) is 4.12. The third-order valence-corrected chi connectivity index (χ3v) is 2.33. The average molecular weight is 239 g/mol. The molecular weight excluding hydrogens is 224 g/mol. The van der Waals surface area contributed by atoms with E-state index in [1.165, 1.54) is 0 Å². The molecule has 0 saturated heterocycles. The molecule has 3 nitrogen and oxygen atoms in total. The van der Waals surface area contributed by atoms with E-state index in [1.54, 1.807) is 6.07 Å². The van der Waals surface area contributed by atoms with Crippen molar-refractivity contribution in [2.75, 3.05) is 6.61 Å². The minimum atomic E-state index is 0.0123. The SMILES string of the molecule is CC(C)NCc1cccc(Cl)c1OCC#N. The van der Waals surface area contributed by atoms with Gasteiger partial charge in [-0.2, -0.15) is 5.26 Å². The maximum atomic E-state index is 8.49. The van der Waals surface area contributed by atoms with Gasteiger partial charge in [0.1, 0.15) is 11.8 Å². The number of hydrogen-bond donors (Lipinski definition) is 1. The zero-order valence-corrected chi connectivity index (χ0v) is 10.2. The summed E-state index contributed by atoms with van der Waals surface area (Å²) in [7, 11) is 0. The molecule has 0 bridgehead atoms. The van der Waals surface area contributed by atoms with Crippen LogP contribution in [0.4, 0.5) is 0 Å². The topological polar surface area (TPSA) is 45.0 Å². The molecule has 1 aromatic rings. The molecule has 0 spiro atoms. The second kappa shape index (κ2) is 6.37. The summed E-state index contributed by atoms with van der Waals surface area (Å²) in [5.41, 5.74) is 0.969. The standard InChI is InChI=1S/C12H15ClN2O/c1-9(2)15-8-10-4-3-5-11(13)12(10)16-7-6-14/h3-5,9,15H,7-8H2,1-2H3. The van der Waals surface area contributed by atoms with Gasteiger partial charge in [-0.05, 0) is 6.07 Å². The molecule has 0 aliphatic carbocycles. The van der Waals surface area contributed by atoms with E-state index < -0.39 is 0 Å². The van der Waals surface area contributed by atoms with E-state index in [0.717, 1.165) is 5.56 Å². The molecule has 4 heteroatoms. The first-order chi connectivity index (χ1) is 7.65. The molecule has 1 N–H and O–H groups in total. The molecule has 16 heavy (non-hydrogen) atoms. The molecule has 0 amide bonds. The maximum Gasteiger partial charge on any atom is 0.174 e. The van der Waals surface area contributed by atoms with Crippen molar-refractivity contribution in [3.05, 3.63) is 28.8 Å². The number of para-hydroxylation sites is 1. The van der Waals surface area contributed by atoms with Gasteiger partial charge in [-0.15, -0.1) is 0 Å². The second-order valence-electron chi connectivity index (χ2n) is 3.71. The molecule has 0 aliphatic rings. The molecule has 0 unspecified atom stereocenters. The van der Waals surface area contributed by atoms with E-state index in [-0.39, 0.29) is 6.61 Å². The third kappa shape index (κ3) is 3.73. The lowest BCUT2D eigenvalue weighted by atomic mass is 10.2. The summed E-state index contributed by atoms with van der Waals surface area (Å²) in [4.78, 5) is 0. The van der Waals surface area contributed by atoms with E-state index in [1.807, 2.05) is 18.2 Å². The van der Waals surface area contributed by atoms with Crippen LogP contribution in [0.2, 0.25) is 5.02 Å². The number of nitriles is 1. The number of rotatable bonds is 5. The lowest BCUT2D eigenvalue weighted by Gasteiger charge is -2.13. The molecule has 0 aliphatic heterocycles. The third-order valence-electron chi connectivity index (χ3n) is 2.03. The smallest absolute Gasteiger partial charge is 0.174 e. The fourth-order valence-corrected chi connectivity index (χ4v) is 1.52. The van der Waals surface area contributed by atoms with Crippen molar-refractivity contribution in [1.82, 2.24) is 5.32 Å². The summed E-state index contributed by atoms with van der Waals surface area (Å²) in [5.74, 6) is 0.596. The zero-order chi connectivity index (χ0) is 12.0. The van der Waals surface area contributed by atoms with Crippen LogP contribution >= 0.6 is 11.6 Å². The first-order valence-corrected chi connectivity index (χ1v) is 5.53. The largest absolute Gasteiger partial charge is 0.477 e. The Labute approximate surface area is 101 Å².